The number of ether oxygens (including phenoxy) is 1. The first-order valence-electron chi connectivity index (χ1n) is 9.39. The van der Waals surface area contributed by atoms with E-state index < -0.39 is 0 Å². The lowest BCUT2D eigenvalue weighted by Gasteiger charge is -2.32. The van der Waals surface area contributed by atoms with E-state index in [-0.39, 0.29) is 6.61 Å². The Balaban J connectivity index is 1.50. The molecule has 0 aromatic carbocycles. The molecule has 2 aromatic heterocycles. The Morgan fingerprint density at radius 2 is 2.12 bits per heavy atom. The minimum Gasteiger partial charge on any atom is -0.395 e. The molecule has 8 heteroatoms. The first kappa shape index (κ1) is 17.2. The summed E-state index contributed by atoms with van der Waals surface area (Å²) < 4.78 is 5.53. The second-order valence-electron chi connectivity index (χ2n) is 6.96. The molecule has 3 N–H and O–H groups in total. The van der Waals surface area contributed by atoms with Crippen LogP contribution in [0.3, 0.4) is 0 Å². The monoisotopic (exact) mass is 358 g/mol. The summed E-state index contributed by atoms with van der Waals surface area (Å²) >= 11 is 0. The summed E-state index contributed by atoms with van der Waals surface area (Å²) in [5.41, 5.74) is 2.25. The maximum Gasteiger partial charge on any atom is 0.224 e. The highest BCUT2D eigenvalue weighted by Crippen LogP contribution is 2.31. The Bertz CT molecular complexity index is 694. The summed E-state index contributed by atoms with van der Waals surface area (Å²) in [6, 6.07) is 4.18. The van der Waals surface area contributed by atoms with Crippen LogP contribution >= 0.6 is 0 Å². The molecule has 26 heavy (non-hydrogen) atoms. The van der Waals surface area contributed by atoms with Gasteiger partial charge in [-0.25, -0.2) is 4.98 Å². The fourth-order valence-corrected chi connectivity index (χ4v) is 3.75. The third kappa shape index (κ3) is 3.81. The van der Waals surface area contributed by atoms with Crippen LogP contribution in [-0.2, 0) is 4.74 Å². The van der Waals surface area contributed by atoms with Crippen LogP contribution in [0.25, 0.3) is 0 Å². The van der Waals surface area contributed by atoms with Crippen LogP contribution in [0.1, 0.15) is 42.5 Å². The van der Waals surface area contributed by atoms with Crippen molar-refractivity contribution in [3.8, 4) is 0 Å². The highest BCUT2D eigenvalue weighted by molar-refractivity contribution is 5.46. The normalized spacial score (nSPS) is 21.3. The summed E-state index contributed by atoms with van der Waals surface area (Å²) in [6.07, 6.45) is 4.97. The SMILES string of the molecule is OCCNc1nc([C@H]2CCOC2)cc(N2CCC(c3ccn[nH]3)CC2)n1. The molecule has 140 valence electrons. The lowest BCUT2D eigenvalue weighted by molar-refractivity contribution is 0.193. The van der Waals surface area contributed by atoms with Crippen molar-refractivity contribution in [3.63, 3.8) is 0 Å². The van der Waals surface area contributed by atoms with Gasteiger partial charge >= 0.3 is 0 Å². The van der Waals surface area contributed by atoms with E-state index in [9.17, 15) is 0 Å². The van der Waals surface area contributed by atoms with Gasteiger partial charge in [-0.2, -0.15) is 10.1 Å². The van der Waals surface area contributed by atoms with E-state index in [1.807, 2.05) is 6.20 Å². The summed E-state index contributed by atoms with van der Waals surface area (Å²) in [5, 5.41) is 19.4. The largest absolute Gasteiger partial charge is 0.395 e. The molecule has 0 radical (unpaired) electrons. The fourth-order valence-electron chi connectivity index (χ4n) is 3.75. The fraction of sp³-hybridized carbons (Fsp3) is 0.611. The Morgan fingerprint density at radius 3 is 2.81 bits per heavy atom. The minimum absolute atomic E-state index is 0.0606. The molecule has 2 aromatic rings. The average molecular weight is 358 g/mol. The Hall–Kier alpha value is -2.19. The van der Waals surface area contributed by atoms with Crippen molar-refractivity contribution < 1.29 is 9.84 Å². The van der Waals surface area contributed by atoms with Gasteiger partial charge in [-0.05, 0) is 25.3 Å². The topological polar surface area (TPSA) is 99.2 Å². The van der Waals surface area contributed by atoms with E-state index >= 15 is 0 Å². The maximum atomic E-state index is 9.09. The number of aliphatic hydroxyl groups excluding tert-OH is 1. The molecular weight excluding hydrogens is 332 g/mol. The number of nitrogens with one attached hydrogen (secondary N) is 2. The van der Waals surface area contributed by atoms with E-state index in [1.54, 1.807) is 0 Å². The van der Waals surface area contributed by atoms with Crippen molar-refractivity contribution >= 4 is 11.8 Å². The van der Waals surface area contributed by atoms with Gasteiger partial charge in [0.05, 0.1) is 18.9 Å². The Morgan fingerprint density at radius 1 is 1.23 bits per heavy atom. The molecular formula is C18H26N6O2. The minimum atomic E-state index is 0.0606. The van der Waals surface area contributed by atoms with E-state index in [0.717, 1.165) is 57.1 Å². The number of hydrogen-bond donors (Lipinski definition) is 3. The van der Waals surface area contributed by atoms with Crippen molar-refractivity contribution in [2.24, 2.45) is 0 Å². The predicted molar refractivity (Wildman–Crippen MR) is 98.6 cm³/mol. The van der Waals surface area contributed by atoms with E-state index in [2.05, 4.69) is 42.5 Å². The van der Waals surface area contributed by atoms with Crippen molar-refractivity contribution in [2.75, 3.05) is 49.7 Å². The third-order valence-electron chi connectivity index (χ3n) is 5.26. The molecule has 8 nitrogen and oxygen atoms in total. The van der Waals surface area contributed by atoms with E-state index in [0.29, 0.717) is 24.3 Å². The zero-order chi connectivity index (χ0) is 17.8. The molecule has 4 rings (SSSR count). The lowest BCUT2D eigenvalue weighted by Crippen LogP contribution is -2.34. The smallest absolute Gasteiger partial charge is 0.224 e. The van der Waals surface area contributed by atoms with Crippen LogP contribution in [0, 0.1) is 0 Å². The molecule has 2 aliphatic heterocycles. The predicted octanol–water partition coefficient (Wildman–Crippen LogP) is 1.49. The van der Waals surface area contributed by atoms with Crippen molar-refractivity contribution in [1.29, 1.82) is 0 Å². The number of anilines is 2. The van der Waals surface area contributed by atoms with Gasteiger partial charge < -0.3 is 20.1 Å². The molecule has 2 saturated heterocycles. The molecule has 0 amide bonds. The highest BCUT2D eigenvalue weighted by atomic mass is 16.5. The summed E-state index contributed by atoms with van der Waals surface area (Å²) in [6.45, 7) is 3.94. The van der Waals surface area contributed by atoms with Gasteiger partial charge in [0, 0.05) is 56.0 Å². The van der Waals surface area contributed by atoms with E-state index in [1.165, 1.54) is 5.69 Å². The molecule has 0 aliphatic carbocycles. The van der Waals surface area contributed by atoms with Crippen molar-refractivity contribution in [3.05, 3.63) is 29.7 Å². The number of aliphatic hydroxyl groups is 1. The molecule has 2 aliphatic rings. The van der Waals surface area contributed by atoms with Crippen LogP contribution in [0.15, 0.2) is 18.3 Å². The van der Waals surface area contributed by atoms with Gasteiger partial charge in [0.25, 0.3) is 0 Å². The Labute approximate surface area is 153 Å². The summed E-state index contributed by atoms with van der Waals surface area (Å²) in [4.78, 5) is 11.7. The zero-order valence-electron chi connectivity index (χ0n) is 14.9. The molecule has 4 heterocycles. The van der Waals surface area contributed by atoms with Crippen LogP contribution in [0.5, 0.6) is 0 Å². The number of piperidine rings is 1. The van der Waals surface area contributed by atoms with E-state index in [4.69, 9.17) is 9.84 Å². The van der Waals surface area contributed by atoms with Crippen LogP contribution in [0.4, 0.5) is 11.8 Å². The van der Waals surface area contributed by atoms with Crippen molar-refractivity contribution in [2.45, 2.75) is 31.1 Å². The average Bonchev–Trinajstić information content (AvgIpc) is 3.40. The molecule has 0 spiro atoms. The molecule has 2 fully saturated rings. The maximum absolute atomic E-state index is 9.09. The van der Waals surface area contributed by atoms with Gasteiger partial charge in [0.2, 0.25) is 5.95 Å². The second-order valence-corrected chi connectivity index (χ2v) is 6.96. The van der Waals surface area contributed by atoms with Gasteiger partial charge in [0.1, 0.15) is 5.82 Å². The summed E-state index contributed by atoms with van der Waals surface area (Å²) in [5.74, 6) is 2.42. The number of aromatic nitrogens is 4. The lowest BCUT2D eigenvalue weighted by atomic mass is 9.93. The van der Waals surface area contributed by atoms with Crippen LogP contribution in [-0.4, -0.2) is 64.7 Å². The summed E-state index contributed by atoms with van der Waals surface area (Å²) in [7, 11) is 0. The molecule has 1 atom stereocenters. The second kappa shape index (κ2) is 8.01. The van der Waals surface area contributed by atoms with Gasteiger partial charge in [-0.3, -0.25) is 5.10 Å². The molecule has 0 unspecified atom stereocenters. The van der Waals surface area contributed by atoms with Crippen LogP contribution < -0.4 is 10.2 Å². The van der Waals surface area contributed by atoms with Gasteiger partial charge in [-0.15, -0.1) is 0 Å². The number of rotatable bonds is 6. The number of hydrogen-bond acceptors (Lipinski definition) is 7. The van der Waals surface area contributed by atoms with Gasteiger partial charge in [0.15, 0.2) is 0 Å². The molecule has 0 bridgehead atoms. The molecule has 0 saturated carbocycles. The highest BCUT2D eigenvalue weighted by Gasteiger charge is 2.25. The number of aromatic amines is 1. The third-order valence-corrected chi connectivity index (χ3v) is 5.26. The number of H-pyrrole nitrogens is 1. The first-order valence-corrected chi connectivity index (χ1v) is 9.39. The van der Waals surface area contributed by atoms with Gasteiger partial charge in [-0.1, -0.05) is 0 Å². The number of nitrogens with zero attached hydrogens (tertiary/aromatic N) is 4. The Kier molecular flexibility index (Phi) is 5.31. The quantitative estimate of drug-likeness (QED) is 0.719. The first-order chi connectivity index (χ1) is 12.8. The standard InChI is InChI=1S/C18H26N6O2/c25-9-6-19-18-21-16(14-4-10-26-12-14)11-17(22-18)24-7-2-13(3-8-24)15-1-5-20-23-15/h1,5,11,13-14,25H,2-4,6-10,12H2,(H,20,23)(H,19,21,22)/t14-/m0/s1. The zero-order valence-corrected chi connectivity index (χ0v) is 14.9. The van der Waals surface area contributed by atoms with Crippen molar-refractivity contribution in [1.82, 2.24) is 20.2 Å². The van der Waals surface area contributed by atoms with Crippen LogP contribution in [0.2, 0.25) is 0 Å².